The SMILES string of the molecule is COc1ccc2c(c1)c(CC(N)=O)cn2[C@H]1C=C[C@@H](O[Si](C)(C)C(C)(C)C)C1. The summed E-state index contributed by atoms with van der Waals surface area (Å²) in [5.74, 6) is 0.444. The molecule has 1 aliphatic rings. The van der Waals surface area contributed by atoms with Gasteiger partial charge in [0.15, 0.2) is 8.32 Å². The molecule has 6 heteroatoms. The molecule has 152 valence electrons. The van der Waals surface area contributed by atoms with Crippen LogP contribution in [0.25, 0.3) is 10.9 Å². The molecule has 2 N–H and O–H groups in total. The fourth-order valence-electron chi connectivity index (χ4n) is 3.53. The number of rotatable bonds is 6. The maximum atomic E-state index is 11.6. The van der Waals surface area contributed by atoms with Gasteiger partial charge in [0, 0.05) is 23.5 Å². The van der Waals surface area contributed by atoms with E-state index in [-0.39, 0.29) is 29.5 Å². The Kier molecular flexibility index (Phi) is 5.47. The fourth-order valence-corrected chi connectivity index (χ4v) is 4.82. The summed E-state index contributed by atoms with van der Waals surface area (Å²) < 4.78 is 14.2. The average Bonchev–Trinajstić information content (AvgIpc) is 3.17. The summed E-state index contributed by atoms with van der Waals surface area (Å²) in [7, 11) is -0.174. The van der Waals surface area contributed by atoms with Crippen LogP contribution >= 0.6 is 0 Å². The van der Waals surface area contributed by atoms with Crippen LogP contribution in [0.5, 0.6) is 5.75 Å². The summed E-state index contributed by atoms with van der Waals surface area (Å²) in [4.78, 5) is 11.6. The van der Waals surface area contributed by atoms with Crippen LogP contribution in [0.1, 0.15) is 38.8 Å². The first-order valence-corrected chi connectivity index (χ1v) is 12.7. The zero-order valence-electron chi connectivity index (χ0n) is 17.8. The van der Waals surface area contributed by atoms with Crippen molar-refractivity contribution in [1.82, 2.24) is 4.57 Å². The molecule has 0 fully saturated rings. The predicted octanol–water partition coefficient (Wildman–Crippen LogP) is 4.57. The van der Waals surface area contributed by atoms with Gasteiger partial charge >= 0.3 is 0 Å². The first kappa shape index (κ1) is 20.7. The minimum atomic E-state index is -1.82. The molecule has 1 amide bonds. The van der Waals surface area contributed by atoms with Crippen LogP contribution in [0.15, 0.2) is 36.5 Å². The number of nitrogens with zero attached hydrogens (tertiary/aromatic N) is 1. The Labute approximate surface area is 168 Å². The lowest BCUT2D eigenvalue weighted by Gasteiger charge is -2.38. The van der Waals surface area contributed by atoms with Gasteiger partial charge in [0.2, 0.25) is 5.91 Å². The molecular weight excluding hydrogens is 368 g/mol. The van der Waals surface area contributed by atoms with E-state index in [1.807, 2.05) is 12.1 Å². The smallest absolute Gasteiger partial charge is 0.221 e. The van der Waals surface area contributed by atoms with Gasteiger partial charge < -0.3 is 19.5 Å². The number of primary amides is 1. The molecule has 0 unspecified atom stereocenters. The Hall–Kier alpha value is -2.05. The summed E-state index contributed by atoms with van der Waals surface area (Å²) in [6.45, 7) is 11.4. The van der Waals surface area contributed by atoms with Gasteiger partial charge in [-0.05, 0) is 41.9 Å². The van der Waals surface area contributed by atoms with E-state index in [9.17, 15) is 4.79 Å². The van der Waals surface area contributed by atoms with Crippen LogP contribution in [0.4, 0.5) is 0 Å². The van der Waals surface area contributed by atoms with Crippen molar-refractivity contribution in [2.75, 3.05) is 7.11 Å². The number of benzene rings is 1. The highest BCUT2D eigenvalue weighted by atomic mass is 28.4. The van der Waals surface area contributed by atoms with Crippen LogP contribution in [-0.4, -0.2) is 32.0 Å². The number of amides is 1. The molecule has 1 aromatic heterocycles. The molecule has 0 bridgehead atoms. The van der Waals surface area contributed by atoms with Crippen molar-refractivity contribution in [3.63, 3.8) is 0 Å². The molecule has 3 rings (SSSR count). The predicted molar refractivity (Wildman–Crippen MR) is 116 cm³/mol. The summed E-state index contributed by atoms with van der Waals surface area (Å²) in [5, 5.41) is 1.20. The maximum absolute atomic E-state index is 11.6. The van der Waals surface area contributed by atoms with Gasteiger partial charge in [0.25, 0.3) is 0 Å². The Bertz CT molecular complexity index is 908. The number of ether oxygens (including phenoxy) is 1. The fraction of sp³-hybridized carbons (Fsp3) is 0.500. The van der Waals surface area contributed by atoms with Gasteiger partial charge in [-0.25, -0.2) is 0 Å². The van der Waals surface area contributed by atoms with Crippen LogP contribution < -0.4 is 10.5 Å². The van der Waals surface area contributed by atoms with E-state index in [0.29, 0.717) is 0 Å². The molecule has 0 spiro atoms. The second-order valence-electron chi connectivity index (χ2n) is 9.19. The summed E-state index contributed by atoms with van der Waals surface area (Å²) in [5.41, 5.74) is 7.49. The number of carbonyl (C=O) groups excluding carboxylic acids is 1. The van der Waals surface area contributed by atoms with Gasteiger partial charge in [-0.2, -0.15) is 0 Å². The molecule has 28 heavy (non-hydrogen) atoms. The Morgan fingerprint density at radius 1 is 1.29 bits per heavy atom. The Morgan fingerprint density at radius 2 is 2.00 bits per heavy atom. The van der Waals surface area contributed by atoms with E-state index in [2.05, 4.69) is 62.8 Å². The van der Waals surface area contributed by atoms with Crippen LogP contribution in [0, 0.1) is 0 Å². The summed E-state index contributed by atoms with van der Waals surface area (Å²) >= 11 is 0. The first-order chi connectivity index (χ1) is 13.0. The lowest BCUT2D eigenvalue weighted by Crippen LogP contribution is -2.43. The molecule has 1 heterocycles. The molecule has 1 aromatic carbocycles. The molecule has 0 radical (unpaired) electrons. The Balaban J connectivity index is 1.88. The highest BCUT2D eigenvalue weighted by Crippen LogP contribution is 2.40. The van der Waals surface area contributed by atoms with E-state index < -0.39 is 8.32 Å². The third kappa shape index (κ3) is 4.03. The molecule has 0 saturated heterocycles. The van der Waals surface area contributed by atoms with Crippen molar-refractivity contribution in [3.05, 3.63) is 42.1 Å². The number of nitrogens with two attached hydrogens (primary N) is 1. The van der Waals surface area contributed by atoms with Gasteiger partial charge in [-0.3, -0.25) is 4.79 Å². The number of carbonyl (C=O) groups is 1. The lowest BCUT2D eigenvalue weighted by molar-refractivity contribution is -0.117. The van der Waals surface area contributed by atoms with Crippen molar-refractivity contribution in [1.29, 1.82) is 0 Å². The van der Waals surface area contributed by atoms with E-state index in [1.165, 1.54) is 0 Å². The minimum absolute atomic E-state index is 0.126. The highest BCUT2D eigenvalue weighted by Gasteiger charge is 2.40. The van der Waals surface area contributed by atoms with Crippen molar-refractivity contribution in [2.45, 2.75) is 63.9 Å². The maximum Gasteiger partial charge on any atom is 0.221 e. The van der Waals surface area contributed by atoms with Gasteiger partial charge in [-0.1, -0.05) is 32.9 Å². The standard InChI is InChI=1S/C22H32N2O3Si/c1-22(2,3)28(5,6)27-18-8-7-16(12-18)24-14-15(11-21(23)25)19-13-17(26-4)9-10-20(19)24/h7-10,13-14,16,18H,11-12H2,1-6H3,(H2,23,25)/t16-,18+/m0/s1. The van der Waals surface area contributed by atoms with Crippen molar-refractivity contribution in [3.8, 4) is 5.75 Å². The molecular formula is C22H32N2O3Si. The first-order valence-electron chi connectivity index (χ1n) is 9.84. The normalized spacial score (nSPS) is 20.1. The second-order valence-corrected chi connectivity index (χ2v) is 13.9. The van der Waals surface area contributed by atoms with E-state index in [4.69, 9.17) is 14.9 Å². The van der Waals surface area contributed by atoms with Crippen LogP contribution in [0.3, 0.4) is 0 Å². The van der Waals surface area contributed by atoms with E-state index in [1.54, 1.807) is 7.11 Å². The van der Waals surface area contributed by atoms with Crippen LogP contribution in [0.2, 0.25) is 18.1 Å². The number of aromatic nitrogens is 1. The Morgan fingerprint density at radius 3 is 2.61 bits per heavy atom. The number of hydrogen-bond donors (Lipinski definition) is 1. The minimum Gasteiger partial charge on any atom is -0.497 e. The highest BCUT2D eigenvalue weighted by molar-refractivity contribution is 6.74. The van der Waals surface area contributed by atoms with E-state index >= 15 is 0 Å². The van der Waals surface area contributed by atoms with Crippen molar-refractivity contribution >= 4 is 25.1 Å². The number of hydrogen-bond acceptors (Lipinski definition) is 3. The molecule has 5 nitrogen and oxygen atoms in total. The number of allylic oxidation sites excluding steroid dienone is 1. The second kappa shape index (κ2) is 7.41. The molecule has 2 atom stereocenters. The van der Waals surface area contributed by atoms with Gasteiger partial charge in [0.05, 0.1) is 25.7 Å². The number of fused-ring (bicyclic) bond motifs is 1. The average molecular weight is 401 g/mol. The largest absolute Gasteiger partial charge is 0.497 e. The van der Waals surface area contributed by atoms with Crippen LogP contribution in [-0.2, 0) is 15.6 Å². The van der Waals surface area contributed by atoms with Gasteiger partial charge in [-0.15, -0.1) is 0 Å². The summed E-state index contributed by atoms with van der Waals surface area (Å²) in [6, 6.07) is 6.18. The molecule has 2 aromatic rings. The zero-order valence-corrected chi connectivity index (χ0v) is 18.8. The quantitative estimate of drug-likeness (QED) is 0.570. The van der Waals surface area contributed by atoms with E-state index in [0.717, 1.165) is 28.6 Å². The van der Waals surface area contributed by atoms with Crippen molar-refractivity contribution < 1.29 is 14.0 Å². The lowest BCUT2D eigenvalue weighted by atomic mass is 10.1. The number of methoxy groups -OCH3 is 1. The monoisotopic (exact) mass is 400 g/mol. The van der Waals surface area contributed by atoms with Crippen molar-refractivity contribution in [2.24, 2.45) is 5.73 Å². The zero-order chi connectivity index (χ0) is 20.7. The molecule has 0 aliphatic heterocycles. The topological polar surface area (TPSA) is 66.5 Å². The third-order valence-corrected chi connectivity index (χ3v) is 10.6. The molecule has 1 aliphatic carbocycles. The van der Waals surface area contributed by atoms with Gasteiger partial charge in [0.1, 0.15) is 5.75 Å². The summed E-state index contributed by atoms with van der Waals surface area (Å²) in [6.07, 6.45) is 7.71. The third-order valence-electron chi connectivity index (χ3n) is 6.12. The molecule has 0 saturated carbocycles.